The number of fused-ring (bicyclic) bond motifs is 1. The summed E-state index contributed by atoms with van der Waals surface area (Å²) in [6.45, 7) is 0. The number of hydrogen-bond acceptors (Lipinski definition) is 2. The van der Waals surface area contributed by atoms with E-state index in [0.29, 0.717) is 5.88 Å². The van der Waals surface area contributed by atoms with E-state index in [1.54, 1.807) is 18.4 Å². The summed E-state index contributed by atoms with van der Waals surface area (Å²) in [5.41, 5.74) is 1.14. The van der Waals surface area contributed by atoms with Crippen molar-refractivity contribution in [2.75, 3.05) is 7.11 Å². The molecule has 0 N–H and O–H groups in total. The molecule has 0 fully saturated rings. The number of thiophene rings is 1. The van der Waals surface area contributed by atoms with E-state index in [1.807, 2.05) is 12.1 Å². The van der Waals surface area contributed by atoms with Crippen LogP contribution >= 0.6 is 38.9 Å². The van der Waals surface area contributed by atoms with E-state index in [0.717, 1.165) is 15.1 Å². The Morgan fingerprint density at radius 1 is 1.50 bits per heavy atom. The van der Waals surface area contributed by atoms with Gasteiger partial charge in [-0.2, -0.15) is 0 Å². The second-order valence-corrected chi connectivity index (χ2v) is 4.98. The van der Waals surface area contributed by atoms with Gasteiger partial charge in [0, 0.05) is 15.1 Å². The number of benzene rings is 1. The molecule has 0 unspecified atom stereocenters. The third-order valence-corrected chi connectivity index (χ3v) is 4.23. The van der Waals surface area contributed by atoms with Crippen LogP contribution in [-0.4, -0.2) is 7.11 Å². The van der Waals surface area contributed by atoms with E-state index in [1.165, 1.54) is 10.1 Å². The van der Waals surface area contributed by atoms with Gasteiger partial charge in [0.25, 0.3) is 0 Å². The van der Waals surface area contributed by atoms with Crippen LogP contribution in [0.3, 0.4) is 0 Å². The summed E-state index contributed by atoms with van der Waals surface area (Å²) < 4.78 is 7.46. The minimum atomic E-state index is 0.515. The zero-order valence-corrected chi connectivity index (χ0v) is 10.7. The molecule has 0 bridgehead atoms. The van der Waals surface area contributed by atoms with Gasteiger partial charge < -0.3 is 4.74 Å². The van der Waals surface area contributed by atoms with Gasteiger partial charge in [-0.15, -0.1) is 11.6 Å². The first-order valence-corrected chi connectivity index (χ1v) is 6.21. The molecular formula is C10H8BrClOS. The predicted octanol–water partition coefficient (Wildman–Crippen LogP) is 4.41. The summed E-state index contributed by atoms with van der Waals surface area (Å²) in [7, 11) is 1.68. The van der Waals surface area contributed by atoms with Crippen molar-refractivity contribution in [3.05, 3.63) is 28.2 Å². The molecule has 0 spiro atoms. The first-order chi connectivity index (χ1) is 6.76. The normalized spacial score (nSPS) is 10.8. The maximum absolute atomic E-state index is 5.90. The molecule has 0 aliphatic rings. The Morgan fingerprint density at radius 3 is 2.93 bits per heavy atom. The lowest BCUT2D eigenvalue weighted by Crippen LogP contribution is -1.79. The van der Waals surface area contributed by atoms with E-state index in [-0.39, 0.29) is 0 Å². The predicted molar refractivity (Wildman–Crippen MR) is 65.6 cm³/mol. The van der Waals surface area contributed by atoms with E-state index in [9.17, 15) is 0 Å². The average Bonchev–Trinajstić information content (AvgIpc) is 2.60. The SMILES string of the molecule is COc1cc2ccc(Br)c(CCl)c2s1. The fraction of sp³-hybridized carbons (Fsp3) is 0.200. The second kappa shape index (κ2) is 4.09. The molecule has 2 aromatic rings. The van der Waals surface area contributed by atoms with Gasteiger partial charge >= 0.3 is 0 Å². The van der Waals surface area contributed by atoms with Crippen LogP contribution in [0.15, 0.2) is 22.7 Å². The number of hydrogen-bond donors (Lipinski definition) is 0. The van der Waals surface area contributed by atoms with Gasteiger partial charge in [-0.05, 0) is 23.1 Å². The molecule has 1 heterocycles. The van der Waals surface area contributed by atoms with Gasteiger partial charge in [0.15, 0.2) is 5.06 Å². The highest BCUT2D eigenvalue weighted by Gasteiger charge is 2.08. The number of alkyl halides is 1. The molecule has 1 aromatic carbocycles. The van der Waals surface area contributed by atoms with Crippen LogP contribution in [0.2, 0.25) is 0 Å². The smallest absolute Gasteiger partial charge is 0.174 e. The van der Waals surface area contributed by atoms with E-state index < -0.39 is 0 Å². The van der Waals surface area contributed by atoms with Crippen molar-refractivity contribution < 1.29 is 4.74 Å². The third kappa shape index (κ3) is 1.64. The quantitative estimate of drug-likeness (QED) is 0.745. The summed E-state index contributed by atoms with van der Waals surface area (Å²) in [4.78, 5) is 0. The minimum Gasteiger partial charge on any atom is -0.487 e. The Hall–Kier alpha value is -0.250. The Labute approximate surface area is 99.8 Å². The van der Waals surface area contributed by atoms with Crippen LogP contribution in [0.25, 0.3) is 10.1 Å². The minimum absolute atomic E-state index is 0.515. The Bertz CT molecular complexity index is 466. The molecule has 4 heteroatoms. The van der Waals surface area contributed by atoms with Crippen molar-refractivity contribution in [1.29, 1.82) is 0 Å². The number of methoxy groups -OCH3 is 1. The van der Waals surface area contributed by atoms with Crippen LogP contribution < -0.4 is 4.74 Å². The zero-order valence-electron chi connectivity index (χ0n) is 7.51. The first kappa shape index (κ1) is 10.3. The molecule has 0 amide bonds. The summed E-state index contributed by atoms with van der Waals surface area (Å²) in [6, 6.07) is 6.11. The molecular weight excluding hydrogens is 284 g/mol. The third-order valence-electron chi connectivity index (χ3n) is 2.04. The van der Waals surface area contributed by atoms with Crippen LogP contribution in [0.4, 0.5) is 0 Å². The fourth-order valence-corrected chi connectivity index (χ4v) is 3.48. The molecule has 0 radical (unpaired) electrons. The average molecular weight is 292 g/mol. The molecule has 14 heavy (non-hydrogen) atoms. The molecule has 0 saturated heterocycles. The highest BCUT2D eigenvalue weighted by atomic mass is 79.9. The Balaban J connectivity index is 2.73. The van der Waals surface area contributed by atoms with Gasteiger partial charge in [0.2, 0.25) is 0 Å². The molecule has 2 rings (SSSR count). The second-order valence-electron chi connectivity index (χ2n) is 2.85. The summed E-state index contributed by atoms with van der Waals surface area (Å²) in [6.07, 6.45) is 0. The molecule has 0 aliphatic carbocycles. The Kier molecular flexibility index (Phi) is 3.00. The summed E-state index contributed by atoms with van der Waals surface area (Å²) in [5, 5.41) is 2.11. The van der Waals surface area contributed by atoms with Crippen molar-refractivity contribution in [3.8, 4) is 5.06 Å². The van der Waals surface area contributed by atoms with Crippen molar-refractivity contribution in [2.24, 2.45) is 0 Å². The molecule has 74 valence electrons. The molecule has 0 saturated carbocycles. The van der Waals surface area contributed by atoms with Crippen molar-refractivity contribution in [2.45, 2.75) is 5.88 Å². The van der Waals surface area contributed by atoms with Crippen molar-refractivity contribution in [1.82, 2.24) is 0 Å². The van der Waals surface area contributed by atoms with Crippen molar-refractivity contribution >= 4 is 49.0 Å². The number of ether oxygens (including phenoxy) is 1. The summed E-state index contributed by atoms with van der Waals surface area (Å²) in [5.74, 6) is 0.515. The lowest BCUT2D eigenvalue weighted by molar-refractivity contribution is 0.427. The van der Waals surface area contributed by atoms with Crippen LogP contribution in [-0.2, 0) is 5.88 Å². The highest BCUT2D eigenvalue weighted by Crippen LogP contribution is 2.37. The van der Waals surface area contributed by atoms with Gasteiger partial charge in [0.1, 0.15) is 0 Å². The topological polar surface area (TPSA) is 9.23 Å². The Morgan fingerprint density at radius 2 is 2.29 bits per heavy atom. The molecule has 1 nitrogen and oxygen atoms in total. The zero-order chi connectivity index (χ0) is 10.1. The van der Waals surface area contributed by atoms with Gasteiger partial charge in [-0.1, -0.05) is 33.3 Å². The number of rotatable bonds is 2. The largest absolute Gasteiger partial charge is 0.487 e. The van der Waals surface area contributed by atoms with E-state index in [2.05, 4.69) is 22.0 Å². The lowest BCUT2D eigenvalue weighted by atomic mass is 10.2. The van der Waals surface area contributed by atoms with Gasteiger partial charge in [-0.3, -0.25) is 0 Å². The lowest BCUT2D eigenvalue weighted by Gasteiger charge is -2.00. The van der Waals surface area contributed by atoms with Crippen LogP contribution in [0.1, 0.15) is 5.56 Å². The maximum Gasteiger partial charge on any atom is 0.174 e. The number of halogens is 2. The van der Waals surface area contributed by atoms with E-state index >= 15 is 0 Å². The molecule has 0 atom stereocenters. The van der Waals surface area contributed by atoms with Gasteiger partial charge in [0.05, 0.1) is 7.11 Å². The maximum atomic E-state index is 5.90. The van der Waals surface area contributed by atoms with Crippen molar-refractivity contribution in [3.63, 3.8) is 0 Å². The van der Waals surface area contributed by atoms with Crippen LogP contribution in [0, 0.1) is 0 Å². The van der Waals surface area contributed by atoms with Gasteiger partial charge in [-0.25, -0.2) is 0 Å². The highest BCUT2D eigenvalue weighted by molar-refractivity contribution is 9.10. The molecule has 0 aliphatic heterocycles. The van der Waals surface area contributed by atoms with E-state index in [4.69, 9.17) is 16.3 Å². The molecule has 1 aromatic heterocycles. The first-order valence-electron chi connectivity index (χ1n) is 4.07. The standard InChI is InChI=1S/C10H8BrClOS/c1-13-9-4-6-2-3-8(11)7(5-12)10(6)14-9/h2-4H,5H2,1H3. The fourth-order valence-electron chi connectivity index (χ4n) is 1.34. The van der Waals surface area contributed by atoms with Crippen LogP contribution in [0.5, 0.6) is 5.06 Å². The summed E-state index contributed by atoms with van der Waals surface area (Å²) >= 11 is 11.0. The monoisotopic (exact) mass is 290 g/mol.